The minimum Gasteiger partial charge on any atom is -0.494 e. The van der Waals surface area contributed by atoms with Crippen LogP contribution in [-0.2, 0) is 14.8 Å². The number of hydrogen-bond acceptors (Lipinski definition) is 4. The van der Waals surface area contributed by atoms with Gasteiger partial charge < -0.3 is 9.64 Å². The summed E-state index contributed by atoms with van der Waals surface area (Å²) in [6.45, 7) is 5.17. The van der Waals surface area contributed by atoms with Crippen LogP contribution < -0.4 is 9.46 Å². The van der Waals surface area contributed by atoms with Crippen LogP contribution in [0.15, 0.2) is 29.2 Å². The molecule has 0 heterocycles. The summed E-state index contributed by atoms with van der Waals surface area (Å²) in [5, 5.41) is 0. The fraction of sp³-hybridized carbons (Fsp3) is 0.632. The second kappa shape index (κ2) is 9.92. The molecule has 1 saturated carbocycles. The summed E-state index contributed by atoms with van der Waals surface area (Å²) >= 11 is 0. The molecule has 7 heteroatoms. The van der Waals surface area contributed by atoms with Crippen molar-refractivity contribution in [3.05, 3.63) is 24.3 Å². The van der Waals surface area contributed by atoms with E-state index >= 15 is 0 Å². The third-order valence-corrected chi connectivity index (χ3v) is 6.23. The van der Waals surface area contributed by atoms with Gasteiger partial charge in [0.25, 0.3) is 0 Å². The van der Waals surface area contributed by atoms with E-state index in [1.165, 1.54) is 31.4 Å². The molecule has 0 radical (unpaired) electrons. The number of rotatable bonds is 9. The van der Waals surface area contributed by atoms with Gasteiger partial charge in [0.2, 0.25) is 15.9 Å². The van der Waals surface area contributed by atoms with Crippen LogP contribution in [0.5, 0.6) is 5.75 Å². The highest BCUT2D eigenvalue weighted by molar-refractivity contribution is 7.89. The van der Waals surface area contributed by atoms with E-state index in [0.29, 0.717) is 24.9 Å². The van der Waals surface area contributed by atoms with Gasteiger partial charge in [-0.1, -0.05) is 19.3 Å². The average molecular weight is 383 g/mol. The van der Waals surface area contributed by atoms with Crippen molar-refractivity contribution in [2.75, 3.05) is 19.7 Å². The molecule has 0 aromatic heterocycles. The Morgan fingerprint density at radius 3 is 2.38 bits per heavy atom. The standard InChI is InChI=1S/C19H30N2O4S/c1-3-21(16-8-6-5-7-9-16)19(22)14-15-20-26(23,24)18-12-10-17(11-13-18)25-4-2/h10-13,16,20H,3-9,14-15H2,1-2H3. The maximum atomic E-state index is 12.5. The molecular formula is C19H30N2O4S. The maximum Gasteiger partial charge on any atom is 0.240 e. The molecule has 2 rings (SSSR count). The van der Waals surface area contributed by atoms with E-state index in [2.05, 4.69) is 4.72 Å². The fourth-order valence-corrected chi connectivity index (χ4v) is 4.46. The van der Waals surface area contributed by atoms with Crippen LogP contribution in [0.25, 0.3) is 0 Å². The van der Waals surface area contributed by atoms with Crippen molar-refractivity contribution in [2.24, 2.45) is 0 Å². The lowest BCUT2D eigenvalue weighted by Crippen LogP contribution is -2.42. The first-order valence-corrected chi connectivity index (χ1v) is 11.0. The van der Waals surface area contributed by atoms with Gasteiger partial charge in [-0.25, -0.2) is 13.1 Å². The van der Waals surface area contributed by atoms with Gasteiger partial charge in [-0.3, -0.25) is 4.79 Å². The molecule has 1 aromatic rings. The lowest BCUT2D eigenvalue weighted by Gasteiger charge is -2.33. The van der Waals surface area contributed by atoms with Gasteiger partial charge in [0.15, 0.2) is 0 Å². The van der Waals surface area contributed by atoms with Crippen molar-refractivity contribution in [3.63, 3.8) is 0 Å². The normalized spacial score (nSPS) is 15.6. The molecule has 1 N–H and O–H groups in total. The average Bonchev–Trinajstić information content (AvgIpc) is 2.64. The van der Waals surface area contributed by atoms with Gasteiger partial charge >= 0.3 is 0 Å². The number of carbonyl (C=O) groups is 1. The van der Waals surface area contributed by atoms with Crippen molar-refractivity contribution < 1.29 is 17.9 Å². The summed E-state index contributed by atoms with van der Waals surface area (Å²) in [6, 6.07) is 6.59. The Hall–Kier alpha value is -1.60. The number of benzene rings is 1. The molecule has 1 aliphatic rings. The summed E-state index contributed by atoms with van der Waals surface area (Å²) < 4.78 is 32.5. The first-order valence-electron chi connectivity index (χ1n) is 9.50. The molecule has 146 valence electrons. The number of nitrogens with one attached hydrogen (secondary N) is 1. The van der Waals surface area contributed by atoms with E-state index in [-0.39, 0.29) is 23.8 Å². The largest absolute Gasteiger partial charge is 0.494 e. The molecule has 0 aliphatic heterocycles. The number of hydrogen-bond donors (Lipinski definition) is 1. The van der Waals surface area contributed by atoms with Gasteiger partial charge in [0.1, 0.15) is 5.75 Å². The van der Waals surface area contributed by atoms with E-state index in [4.69, 9.17) is 4.74 Å². The van der Waals surface area contributed by atoms with E-state index < -0.39 is 10.0 Å². The molecule has 26 heavy (non-hydrogen) atoms. The number of sulfonamides is 1. The van der Waals surface area contributed by atoms with Gasteiger partial charge in [-0.2, -0.15) is 0 Å². The Balaban J connectivity index is 1.87. The molecule has 0 unspecified atom stereocenters. The summed E-state index contributed by atoms with van der Waals surface area (Å²) in [7, 11) is -3.62. The summed E-state index contributed by atoms with van der Waals surface area (Å²) in [6.07, 6.45) is 5.86. The van der Waals surface area contributed by atoms with E-state index in [1.54, 1.807) is 12.1 Å². The Morgan fingerprint density at radius 1 is 1.15 bits per heavy atom. The highest BCUT2D eigenvalue weighted by Crippen LogP contribution is 2.23. The third kappa shape index (κ3) is 5.71. The number of nitrogens with zero attached hydrogens (tertiary/aromatic N) is 1. The van der Waals surface area contributed by atoms with Crippen LogP contribution in [0.3, 0.4) is 0 Å². The molecule has 0 atom stereocenters. The second-order valence-corrected chi connectivity index (χ2v) is 8.29. The molecule has 0 bridgehead atoms. The van der Waals surface area contributed by atoms with Crippen molar-refractivity contribution >= 4 is 15.9 Å². The van der Waals surface area contributed by atoms with Crippen LogP contribution in [0.2, 0.25) is 0 Å². The predicted molar refractivity (Wildman–Crippen MR) is 102 cm³/mol. The zero-order valence-corrected chi connectivity index (χ0v) is 16.6. The molecular weight excluding hydrogens is 352 g/mol. The lowest BCUT2D eigenvalue weighted by molar-refractivity contribution is -0.133. The molecule has 1 fully saturated rings. The molecule has 6 nitrogen and oxygen atoms in total. The third-order valence-electron chi connectivity index (χ3n) is 4.75. The maximum absolute atomic E-state index is 12.5. The van der Waals surface area contributed by atoms with Gasteiger partial charge in [0.05, 0.1) is 11.5 Å². The van der Waals surface area contributed by atoms with E-state index in [9.17, 15) is 13.2 Å². The zero-order valence-electron chi connectivity index (χ0n) is 15.7. The zero-order chi connectivity index (χ0) is 19.0. The van der Waals surface area contributed by atoms with Gasteiger partial charge in [0, 0.05) is 25.6 Å². The summed E-state index contributed by atoms with van der Waals surface area (Å²) in [5.41, 5.74) is 0. The monoisotopic (exact) mass is 382 g/mol. The highest BCUT2D eigenvalue weighted by atomic mass is 32.2. The van der Waals surface area contributed by atoms with Crippen molar-refractivity contribution in [1.82, 2.24) is 9.62 Å². The van der Waals surface area contributed by atoms with Crippen molar-refractivity contribution in [3.8, 4) is 5.75 Å². The SMILES string of the molecule is CCOc1ccc(S(=O)(=O)NCCC(=O)N(CC)C2CCCCC2)cc1. The van der Waals surface area contributed by atoms with E-state index in [0.717, 1.165) is 12.8 Å². The minimum absolute atomic E-state index is 0.0220. The van der Waals surface area contributed by atoms with Crippen LogP contribution >= 0.6 is 0 Å². The molecule has 0 saturated heterocycles. The van der Waals surface area contributed by atoms with Gasteiger partial charge in [-0.15, -0.1) is 0 Å². The van der Waals surface area contributed by atoms with E-state index in [1.807, 2.05) is 18.7 Å². The van der Waals surface area contributed by atoms with Crippen LogP contribution in [0, 0.1) is 0 Å². The predicted octanol–water partition coefficient (Wildman–Crippen LogP) is 2.93. The highest BCUT2D eigenvalue weighted by Gasteiger charge is 2.24. The lowest BCUT2D eigenvalue weighted by atomic mass is 9.94. The molecule has 1 amide bonds. The first-order chi connectivity index (χ1) is 12.5. The Kier molecular flexibility index (Phi) is 7.90. The van der Waals surface area contributed by atoms with Crippen LogP contribution in [-0.4, -0.2) is 45.0 Å². The quantitative estimate of drug-likeness (QED) is 0.712. The topological polar surface area (TPSA) is 75.7 Å². The Labute approximate surface area is 157 Å². The Bertz CT molecular complexity index is 667. The fourth-order valence-electron chi connectivity index (χ4n) is 3.43. The molecule has 0 spiro atoms. The summed E-state index contributed by atoms with van der Waals surface area (Å²) in [4.78, 5) is 14.6. The minimum atomic E-state index is -3.62. The summed E-state index contributed by atoms with van der Waals surface area (Å²) in [5.74, 6) is 0.654. The number of carbonyl (C=O) groups excluding carboxylic acids is 1. The van der Waals surface area contributed by atoms with Gasteiger partial charge in [-0.05, 0) is 51.0 Å². The second-order valence-electron chi connectivity index (χ2n) is 6.52. The van der Waals surface area contributed by atoms with Crippen molar-refractivity contribution in [1.29, 1.82) is 0 Å². The number of ether oxygens (including phenoxy) is 1. The Morgan fingerprint density at radius 2 is 1.81 bits per heavy atom. The molecule has 1 aromatic carbocycles. The van der Waals surface area contributed by atoms with Crippen LogP contribution in [0.4, 0.5) is 0 Å². The van der Waals surface area contributed by atoms with Crippen molar-refractivity contribution in [2.45, 2.75) is 63.3 Å². The first kappa shape index (κ1) is 20.7. The van der Waals surface area contributed by atoms with Crippen LogP contribution in [0.1, 0.15) is 52.4 Å². The number of amides is 1. The molecule has 1 aliphatic carbocycles. The smallest absolute Gasteiger partial charge is 0.240 e.